The molecule has 0 aliphatic rings. The van der Waals surface area contributed by atoms with E-state index >= 15 is 0 Å². The van der Waals surface area contributed by atoms with Crippen molar-refractivity contribution < 1.29 is 13.7 Å². The van der Waals surface area contributed by atoms with E-state index in [-0.39, 0.29) is 5.78 Å². The van der Waals surface area contributed by atoms with Crippen LogP contribution in [-0.2, 0) is 15.5 Å². The summed E-state index contributed by atoms with van der Waals surface area (Å²) in [7, 11) is 0.738. The van der Waals surface area contributed by atoms with Gasteiger partial charge in [-0.15, -0.1) is 11.3 Å². The standard InChI is InChI=1S/C11H16O3S2/c1-14-6-9-16(13)8-3-4-10(12)11-5-2-7-15-11/h2,5,7H,3-4,6,8-9H2,1H3. The first-order valence-electron chi connectivity index (χ1n) is 5.14. The highest BCUT2D eigenvalue weighted by Crippen LogP contribution is 2.12. The van der Waals surface area contributed by atoms with Crippen LogP contribution in [0.4, 0.5) is 0 Å². The quantitative estimate of drug-likeness (QED) is 0.672. The molecule has 1 rings (SSSR count). The van der Waals surface area contributed by atoms with Crippen LogP contribution in [0.5, 0.6) is 0 Å². The van der Waals surface area contributed by atoms with Crippen molar-refractivity contribution in [3.63, 3.8) is 0 Å². The number of hydrogen-bond donors (Lipinski definition) is 0. The SMILES string of the molecule is COCCS(=O)CCCC(=O)c1cccs1. The van der Waals surface area contributed by atoms with Crippen molar-refractivity contribution >= 4 is 27.9 Å². The summed E-state index contributed by atoms with van der Waals surface area (Å²) < 4.78 is 16.2. The van der Waals surface area contributed by atoms with E-state index in [1.54, 1.807) is 7.11 Å². The van der Waals surface area contributed by atoms with Gasteiger partial charge in [-0.3, -0.25) is 9.00 Å². The Labute approximate surface area is 102 Å². The number of Topliss-reactive ketones (excluding diaryl/α,β-unsaturated/α-hetero) is 1. The maximum absolute atomic E-state index is 11.6. The van der Waals surface area contributed by atoms with Crippen LogP contribution in [0.2, 0.25) is 0 Å². The maximum Gasteiger partial charge on any atom is 0.172 e. The van der Waals surface area contributed by atoms with Crippen LogP contribution in [0.1, 0.15) is 22.5 Å². The Bertz CT molecular complexity index is 333. The van der Waals surface area contributed by atoms with Crippen molar-refractivity contribution in [2.45, 2.75) is 12.8 Å². The van der Waals surface area contributed by atoms with Crippen LogP contribution in [0.15, 0.2) is 17.5 Å². The zero-order valence-electron chi connectivity index (χ0n) is 9.31. The second kappa shape index (κ2) is 7.70. The van der Waals surface area contributed by atoms with Crippen molar-refractivity contribution in [2.24, 2.45) is 0 Å². The second-order valence-corrected chi connectivity index (χ2v) is 5.99. The van der Waals surface area contributed by atoms with Gasteiger partial charge in [0.05, 0.1) is 11.5 Å². The first-order valence-corrected chi connectivity index (χ1v) is 7.51. The van der Waals surface area contributed by atoms with Crippen molar-refractivity contribution in [3.05, 3.63) is 22.4 Å². The molecular formula is C11H16O3S2. The first-order chi connectivity index (χ1) is 7.74. The van der Waals surface area contributed by atoms with E-state index in [2.05, 4.69) is 0 Å². The molecule has 1 aromatic heterocycles. The monoisotopic (exact) mass is 260 g/mol. The minimum absolute atomic E-state index is 0.152. The Kier molecular flexibility index (Phi) is 6.52. The predicted molar refractivity (Wildman–Crippen MR) is 67.6 cm³/mol. The number of carbonyl (C=O) groups is 1. The van der Waals surface area contributed by atoms with Gasteiger partial charge >= 0.3 is 0 Å². The van der Waals surface area contributed by atoms with Crippen LogP contribution in [0.25, 0.3) is 0 Å². The summed E-state index contributed by atoms with van der Waals surface area (Å²) in [5.41, 5.74) is 0. The normalized spacial score (nSPS) is 12.6. The van der Waals surface area contributed by atoms with Crippen molar-refractivity contribution in [1.29, 1.82) is 0 Å². The lowest BCUT2D eigenvalue weighted by Crippen LogP contribution is -2.09. The van der Waals surface area contributed by atoms with Crippen molar-refractivity contribution in [2.75, 3.05) is 25.2 Å². The zero-order chi connectivity index (χ0) is 11.8. The molecule has 1 heterocycles. The number of ketones is 1. The number of methoxy groups -OCH3 is 1. The molecule has 1 unspecified atom stereocenters. The third-order valence-corrected chi connectivity index (χ3v) is 4.36. The number of rotatable bonds is 8. The predicted octanol–water partition coefficient (Wildman–Crippen LogP) is 2.11. The largest absolute Gasteiger partial charge is 0.384 e. The van der Waals surface area contributed by atoms with E-state index in [4.69, 9.17) is 4.74 Å². The van der Waals surface area contributed by atoms with Gasteiger partial charge in [-0.2, -0.15) is 0 Å². The Morgan fingerprint density at radius 1 is 1.50 bits per heavy atom. The smallest absolute Gasteiger partial charge is 0.172 e. The zero-order valence-corrected chi connectivity index (χ0v) is 10.9. The van der Waals surface area contributed by atoms with Crippen LogP contribution >= 0.6 is 11.3 Å². The molecule has 90 valence electrons. The lowest BCUT2D eigenvalue weighted by molar-refractivity contribution is 0.0986. The Morgan fingerprint density at radius 3 is 2.94 bits per heavy atom. The molecule has 0 bridgehead atoms. The summed E-state index contributed by atoms with van der Waals surface area (Å²) in [6.07, 6.45) is 1.17. The Hall–Kier alpha value is -0.520. The van der Waals surface area contributed by atoms with Crippen LogP contribution in [0, 0.1) is 0 Å². The number of hydrogen-bond acceptors (Lipinski definition) is 4. The van der Waals surface area contributed by atoms with E-state index in [1.807, 2.05) is 17.5 Å². The van der Waals surface area contributed by atoms with E-state index < -0.39 is 10.8 Å². The molecule has 0 amide bonds. The van der Waals surface area contributed by atoms with Gasteiger partial charge in [-0.05, 0) is 17.9 Å². The molecular weight excluding hydrogens is 244 g/mol. The molecule has 5 heteroatoms. The summed E-state index contributed by atoms with van der Waals surface area (Å²) in [6.45, 7) is 0.519. The van der Waals surface area contributed by atoms with Gasteiger partial charge in [0.25, 0.3) is 0 Å². The highest BCUT2D eigenvalue weighted by molar-refractivity contribution is 7.84. The van der Waals surface area contributed by atoms with E-state index in [9.17, 15) is 9.00 Å². The molecule has 0 aliphatic heterocycles. The summed E-state index contributed by atoms with van der Waals surface area (Å²) in [5, 5.41) is 1.89. The number of ether oxygens (including phenoxy) is 1. The molecule has 0 spiro atoms. The van der Waals surface area contributed by atoms with Crippen LogP contribution < -0.4 is 0 Å². The fourth-order valence-corrected chi connectivity index (χ4v) is 2.95. The Morgan fingerprint density at radius 2 is 2.31 bits per heavy atom. The van der Waals surface area contributed by atoms with Crippen LogP contribution in [0.3, 0.4) is 0 Å². The Balaban J connectivity index is 2.16. The number of carbonyl (C=O) groups excluding carboxylic acids is 1. The number of thiophene rings is 1. The average Bonchev–Trinajstić information content (AvgIpc) is 2.79. The highest BCUT2D eigenvalue weighted by Gasteiger charge is 2.07. The van der Waals surface area contributed by atoms with Gasteiger partial charge in [0.15, 0.2) is 5.78 Å². The molecule has 1 atom stereocenters. The fraction of sp³-hybridized carbons (Fsp3) is 0.545. The van der Waals surface area contributed by atoms with E-state index in [1.165, 1.54) is 11.3 Å². The van der Waals surface area contributed by atoms with E-state index in [0.717, 1.165) is 4.88 Å². The lowest BCUT2D eigenvalue weighted by atomic mass is 10.2. The van der Waals surface area contributed by atoms with Gasteiger partial charge in [0.1, 0.15) is 0 Å². The lowest BCUT2D eigenvalue weighted by Gasteiger charge is -2.00. The molecule has 0 radical (unpaired) electrons. The molecule has 0 aromatic carbocycles. The fourth-order valence-electron chi connectivity index (χ4n) is 1.23. The molecule has 16 heavy (non-hydrogen) atoms. The molecule has 0 saturated carbocycles. The van der Waals surface area contributed by atoms with Crippen molar-refractivity contribution in [3.8, 4) is 0 Å². The van der Waals surface area contributed by atoms with E-state index in [0.29, 0.717) is 31.0 Å². The van der Waals surface area contributed by atoms with Gasteiger partial charge in [0.2, 0.25) is 0 Å². The topological polar surface area (TPSA) is 43.4 Å². The molecule has 0 N–H and O–H groups in total. The summed E-state index contributed by atoms with van der Waals surface area (Å²) >= 11 is 1.46. The van der Waals surface area contributed by atoms with Gasteiger partial charge in [-0.25, -0.2) is 0 Å². The second-order valence-electron chi connectivity index (χ2n) is 3.34. The molecule has 1 aromatic rings. The molecule has 0 fully saturated rings. The maximum atomic E-state index is 11.6. The minimum Gasteiger partial charge on any atom is -0.384 e. The van der Waals surface area contributed by atoms with Gasteiger partial charge in [-0.1, -0.05) is 6.07 Å². The first kappa shape index (κ1) is 13.5. The average molecular weight is 260 g/mol. The molecule has 0 aliphatic carbocycles. The summed E-state index contributed by atoms with van der Waals surface area (Å²) in [5.74, 6) is 1.29. The van der Waals surface area contributed by atoms with Gasteiger partial charge < -0.3 is 4.74 Å². The third kappa shape index (κ3) is 5.01. The molecule has 0 saturated heterocycles. The third-order valence-electron chi connectivity index (χ3n) is 2.09. The van der Waals surface area contributed by atoms with Crippen LogP contribution in [-0.4, -0.2) is 35.2 Å². The molecule has 3 nitrogen and oxygen atoms in total. The summed E-state index contributed by atoms with van der Waals surface area (Å²) in [4.78, 5) is 12.4. The summed E-state index contributed by atoms with van der Waals surface area (Å²) in [6, 6.07) is 3.70. The minimum atomic E-state index is -0.857. The van der Waals surface area contributed by atoms with Crippen molar-refractivity contribution in [1.82, 2.24) is 0 Å². The highest BCUT2D eigenvalue weighted by atomic mass is 32.2. The van der Waals surface area contributed by atoms with Gasteiger partial charge in [0, 0.05) is 35.8 Å².